The molecule has 262 valence electrons. The molecule has 4 nitrogen and oxygen atoms in total. The Hall–Kier alpha value is -7.21. The molecule has 0 aliphatic heterocycles. The van der Waals surface area contributed by atoms with Crippen molar-refractivity contribution in [1.82, 2.24) is 15.0 Å². The number of para-hydroxylation sites is 1. The molecule has 5 heteroatoms. The van der Waals surface area contributed by atoms with Crippen LogP contribution in [-0.4, -0.2) is 15.0 Å². The number of thiophene rings is 1. The first-order valence-corrected chi connectivity index (χ1v) is 19.5. The molecule has 7 aromatic carbocycles. The van der Waals surface area contributed by atoms with Crippen LogP contribution in [-0.2, 0) is 0 Å². The first-order chi connectivity index (χ1) is 27.7. The van der Waals surface area contributed by atoms with E-state index in [4.69, 9.17) is 14.4 Å². The maximum atomic E-state index is 6.70. The molecule has 0 aliphatic carbocycles. The van der Waals surface area contributed by atoms with E-state index in [0.717, 1.165) is 78.0 Å². The fourth-order valence-electron chi connectivity index (χ4n) is 7.91. The molecule has 0 fully saturated rings. The number of fused-ring (bicyclic) bond motifs is 6. The number of aromatic nitrogens is 3. The number of nitrogens with zero attached hydrogens (tertiary/aromatic N) is 3. The molecule has 0 N–H and O–H groups in total. The summed E-state index contributed by atoms with van der Waals surface area (Å²) in [5.41, 5.74) is 12.8. The van der Waals surface area contributed by atoms with Crippen LogP contribution in [0.25, 0.3) is 110 Å². The summed E-state index contributed by atoms with van der Waals surface area (Å²) in [6.45, 7) is 0. The minimum absolute atomic E-state index is 0.657. The summed E-state index contributed by atoms with van der Waals surface area (Å²) in [7, 11) is 0. The Balaban J connectivity index is 1.03. The maximum absolute atomic E-state index is 6.70. The second kappa shape index (κ2) is 13.3. The van der Waals surface area contributed by atoms with Crippen molar-refractivity contribution in [2.24, 2.45) is 0 Å². The highest BCUT2D eigenvalue weighted by Crippen LogP contribution is 2.44. The van der Waals surface area contributed by atoms with Crippen molar-refractivity contribution < 1.29 is 4.42 Å². The lowest BCUT2D eigenvalue weighted by molar-refractivity contribution is 0.670. The van der Waals surface area contributed by atoms with Crippen molar-refractivity contribution >= 4 is 53.4 Å². The maximum Gasteiger partial charge on any atom is 0.160 e. The Bertz CT molecular complexity index is 3240. The van der Waals surface area contributed by atoms with Crippen LogP contribution in [0.3, 0.4) is 0 Å². The van der Waals surface area contributed by atoms with E-state index in [2.05, 4.69) is 132 Å². The van der Waals surface area contributed by atoms with Crippen LogP contribution in [0.4, 0.5) is 0 Å². The third kappa shape index (κ3) is 5.48. The van der Waals surface area contributed by atoms with Crippen LogP contribution in [0.5, 0.6) is 0 Å². The van der Waals surface area contributed by atoms with E-state index in [0.29, 0.717) is 5.82 Å². The van der Waals surface area contributed by atoms with Gasteiger partial charge in [-0.2, -0.15) is 0 Å². The van der Waals surface area contributed by atoms with Crippen LogP contribution < -0.4 is 0 Å². The highest BCUT2D eigenvalue weighted by Gasteiger charge is 2.19. The van der Waals surface area contributed by atoms with Crippen molar-refractivity contribution in [3.63, 3.8) is 0 Å². The Morgan fingerprint density at radius 2 is 1.05 bits per heavy atom. The summed E-state index contributed by atoms with van der Waals surface area (Å²) in [6, 6.07) is 63.5. The van der Waals surface area contributed by atoms with Crippen LogP contribution >= 0.6 is 11.3 Å². The van der Waals surface area contributed by atoms with Crippen molar-refractivity contribution in [1.29, 1.82) is 0 Å². The number of hydrogen-bond acceptors (Lipinski definition) is 5. The summed E-state index contributed by atoms with van der Waals surface area (Å²) in [4.78, 5) is 15.0. The van der Waals surface area contributed by atoms with Crippen molar-refractivity contribution in [2.75, 3.05) is 0 Å². The number of hydrogen-bond donors (Lipinski definition) is 0. The van der Waals surface area contributed by atoms with Crippen molar-refractivity contribution in [2.45, 2.75) is 0 Å². The van der Waals surface area contributed by atoms with Crippen LogP contribution in [0, 0.1) is 0 Å². The number of rotatable bonds is 6. The van der Waals surface area contributed by atoms with Gasteiger partial charge in [-0.3, -0.25) is 4.98 Å². The molecule has 0 spiro atoms. The topological polar surface area (TPSA) is 51.8 Å². The minimum atomic E-state index is 0.657. The van der Waals surface area contributed by atoms with Gasteiger partial charge in [-0.05, 0) is 59.2 Å². The SMILES string of the molecule is c1ccc(-c2cc(-c3ccccc3-c3ccccn3)nc(-c3ccc(-c4ccc(-c5ccc6c(c5)sc5ccccc56)c5c4oc4ccccc45)cc3)n2)cc1. The van der Waals surface area contributed by atoms with Gasteiger partial charge in [-0.1, -0.05) is 140 Å². The molecule has 4 aromatic heterocycles. The minimum Gasteiger partial charge on any atom is -0.455 e. The second-order valence-corrected chi connectivity index (χ2v) is 15.0. The van der Waals surface area contributed by atoms with Crippen molar-refractivity contribution in [3.05, 3.63) is 188 Å². The van der Waals surface area contributed by atoms with Gasteiger partial charge in [0.15, 0.2) is 5.82 Å². The molecule has 0 radical (unpaired) electrons. The van der Waals surface area contributed by atoms with Gasteiger partial charge in [0, 0.05) is 65.0 Å². The highest BCUT2D eigenvalue weighted by molar-refractivity contribution is 7.25. The number of pyridine rings is 1. The summed E-state index contributed by atoms with van der Waals surface area (Å²) in [6.07, 6.45) is 1.83. The van der Waals surface area contributed by atoms with Gasteiger partial charge in [-0.25, -0.2) is 9.97 Å². The monoisotopic (exact) mass is 733 g/mol. The Morgan fingerprint density at radius 3 is 1.89 bits per heavy atom. The zero-order valence-corrected chi connectivity index (χ0v) is 30.9. The van der Waals surface area contributed by atoms with Gasteiger partial charge in [-0.15, -0.1) is 11.3 Å². The fraction of sp³-hybridized carbons (Fsp3) is 0. The van der Waals surface area contributed by atoms with Gasteiger partial charge in [0.25, 0.3) is 0 Å². The van der Waals surface area contributed by atoms with E-state index < -0.39 is 0 Å². The Labute approximate surface area is 327 Å². The molecule has 0 amide bonds. The van der Waals surface area contributed by atoms with E-state index in [1.165, 1.54) is 25.7 Å². The van der Waals surface area contributed by atoms with Gasteiger partial charge >= 0.3 is 0 Å². The molecule has 0 unspecified atom stereocenters. The molecular formula is C51H31N3OS. The first kappa shape index (κ1) is 32.2. The first-order valence-electron chi connectivity index (χ1n) is 18.7. The zero-order chi connectivity index (χ0) is 37.0. The predicted molar refractivity (Wildman–Crippen MR) is 233 cm³/mol. The lowest BCUT2D eigenvalue weighted by atomic mass is 9.94. The summed E-state index contributed by atoms with van der Waals surface area (Å²) in [5.74, 6) is 0.657. The molecule has 4 heterocycles. The van der Waals surface area contributed by atoms with Crippen molar-refractivity contribution in [3.8, 4) is 67.4 Å². The van der Waals surface area contributed by atoms with E-state index in [9.17, 15) is 0 Å². The van der Waals surface area contributed by atoms with Gasteiger partial charge in [0.2, 0.25) is 0 Å². The molecule has 56 heavy (non-hydrogen) atoms. The van der Waals surface area contributed by atoms with E-state index >= 15 is 0 Å². The zero-order valence-electron chi connectivity index (χ0n) is 30.1. The van der Waals surface area contributed by atoms with Gasteiger partial charge < -0.3 is 4.42 Å². The molecule has 11 rings (SSSR count). The van der Waals surface area contributed by atoms with Crippen LogP contribution in [0.15, 0.2) is 193 Å². The molecule has 0 atom stereocenters. The quantitative estimate of drug-likeness (QED) is 0.171. The normalized spacial score (nSPS) is 11.6. The Morgan fingerprint density at radius 1 is 0.393 bits per heavy atom. The number of furan rings is 1. The largest absolute Gasteiger partial charge is 0.455 e. The van der Waals surface area contributed by atoms with E-state index in [1.54, 1.807) is 0 Å². The van der Waals surface area contributed by atoms with Crippen LogP contribution in [0.1, 0.15) is 0 Å². The molecule has 0 bridgehead atoms. The fourth-order valence-corrected chi connectivity index (χ4v) is 9.06. The standard InChI is InChI=1S/C51H31N3OS/c1-2-12-33(13-3-1)44-31-45(39-15-5-4-14-38(39)43-18-10-11-29-52-43)54-51(53-44)34-23-21-32(22-24-34)37-28-27-36(49-42-17-6-8-19-46(42)55-50(37)49)35-25-26-41-40-16-7-9-20-47(40)56-48(41)30-35/h1-31H. The van der Waals surface area contributed by atoms with E-state index in [1.807, 2.05) is 72.1 Å². The third-order valence-electron chi connectivity index (χ3n) is 10.6. The average Bonchev–Trinajstić information content (AvgIpc) is 3.85. The summed E-state index contributed by atoms with van der Waals surface area (Å²) < 4.78 is 9.29. The third-order valence-corrected chi connectivity index (χ3v) is 11.7. The number of benzene rings is 7. The highest BCUT2D eigenvalue weighted by atomic mass is 32.1. The predicted octanol–water partition coefficient (Wildman–Crippen LogP) is 14.1. The second-order valence-electron chi connectivity index (χ2n) is 13.9. The molecule has 0 saturated heterocycles. The molecule has 11 aromatic rings. The smallest absolute Gasteiger partial charge is 0.160 e. The molecular weight excluding hydrogens is 703 g/mol. The lowest BCUT2D eigenvalue weighted by Crippen LogP contribution is -1.97. The summed E-state index contributed by atoms with van der Waals surface area (Å²) >= 11 is 1.84. The molecule has 0 saturated carbocycles. The van der Waals surface area contributed by atoms with Crippen LogP contribution in [0.2, 0.25) is 0 Å². The summed E-state index contributed by atoms with van der Waals surface area (Å²) in [5, 5.41) is 4.83. The molecule has 0 aliphatic rings. The average molecular weight is 734 g/mol. The van der Waals surface area contributed by atoms with E-state index in [-0.39, 0.29) is 0 Å². The Kier molecular flexibility index (Phi) is 7.64. The lowest BCUT2D eigenvalue weighted by Gasteiger charge is -2.13. The van der Waals surface area contributed by atoms with Gasteiger partial charge in [0.1, 0.15) is 11.2 Å². The van der Waals surface area contributed by atoms with Gasteiger partial charge in [0.05, 0.1) is 17.1 Å².